The lowest BCUT2D eigenvalue weighted by atomic mass is 10.1. The molecular weight excluding hydrogens is 210 g/mol. The van der Waals surface area contributed by atoms with E-state index < -0.39 is 11.9 Å². The van der Waals surface area contributed by atoms with Crippen LogP contribution in [0, 0.1) is 0 Å². The number of hydrogen-bond donors (Lipinski definition) is 3. The fourth-order valence-corrected chi connectivity index (χ4v) is 1.05. The third-order valence-electron chi connectivity index (χ3n) is 1.69. The molecule has 5 N–H and O–H groups in total. The number of carbonyl (C=O) groups is 2. The molecule has 0 heterocycles. The van der Waals surface area contributed by atoms with Crippen LogP contribution in [0.1, 0.15) is 0 Å². The molecule has 7 heteroatoms. The van der Waals surface area contributed by atoms with Gasteiger partial charge in [-0.15, -0.1) is 10.2 Å². The van der Waals surface area contributed by atoms with Crippen molar-refractivity contribution in [3.05, 3.63) is 24.3 Å². The predicted molar refractivity (Wildman–Crippen MR) is 59.5 cm³/mol. The Labute approximate surface area is 91.6 Å². The first-order chi connectivity index (χ1) is 7.63. The maximum Gasteiger partial charge on any atom is 0.284 e. The van der Waals surface area contributed by atoms with Crippen molar-refractivity contribution < 1.29 is 9.59 Å². The second kappa shape index (κ2) is 5.44. The van der Waals surface area contributed by atoms with Crippen molar-refractivity contribution >= 4 is 23.9 Å². The number of hydrogen-bond acceptors (Lipinski definition) is 4. The average molecular weight is 221 g/mol. The summed E-state index contributed by atoms with van der Waals surface area (Å²) in [5, 5.41) is 9.62. The molecule has 0 aromatic rings. The number of carbonyl (C=O) groups excluding carboxylic acids is 2. The van der Waals surface area contributed by atoms with Crippen LogP contribution in [0.15, 0.2) is 34.5 Å². The topological polar surface area (TPSA) is 123 Å². The summed E-state index contributed by atoms with van der Waals surface area (Å²) in [5.41, 5.74) is 10.7. The number of amides is 1. The molecule has 0 saturated carbocycles. The zero-order chi connectivity index (χ0) is 12.0. The highest BCUT2D eigenvalue weighted by Gasteiger charge is 2.15. The van der Waals surface area contributed by atoms with E-state index in [1.165, 1.54) is 0 Å². The van der Waals surface area contributed by atoms with Crippen molar-refractivity contribution in [1.82, 2.24) is 5.32 Å². The van der Waals surface area contributed by atoms with Crippen LogP contribution >= 0.6 is 0 Å². The van der Waals surface area contributed by atoms with E-state index in [0.29, 0.717) is 5.71 Å². The van der Waals surface area contributed by atoms with E-state index in [1.807, 2.05) is 0 Å². The number of guanidine groups is 1. The maximum absolute atomic E-state index is 10.9. The molecule has 1 aliphatic carbocycles. The monoisotopic (exact) mass is 221 g/mol. The highest BCUT2D eigenvalue weighted by Crippen LogP contribution is 2.01. The number of aldehydes is 1. The molecule has 16 heavy (non-hydrogen) atoms. The highest BCUT2D eigenvalue weighted by molar-refractivity contribution is 6.24. The molecule has 84 valence electrons. The summed E-state index contributed by atoms with van der Waals surface area (Å²) in [6, 6.07) is -0.509. The minimum Gasteiger partial charge on any atom is -0.369 e. The first kappa shape index (κ1) is 11.6. The van der Waals surface area contributed by atoms with Gasteiger partial charge in [0.05, 0.1) is 11.8 Å². The SMILES string of the molecule is NC(N)=NN=C1C=CC=CC1NC(=O)C=O. The third-order valence-corrected chi connectivity index (χ3v) is 1.69. The fourth-order valence-electron chi connectivity index (χ4n) is 1.05. The molecule has 0 aliphatic heterocycles. The summed E-state index contributed by atoms with van der Waals surface area (Å²) in [4.78, 5) is 21.1. The number of allylic oxidation sites excluding steroid dienone is 2. The van der Waals surface area contributed by atoms with Crippen LogP contribution in [0.25, 0.3) is 0 Å². The quantitative estimate of drug-likeness (QED) is 0.175. The van der Waals surface area contributed by atoms with E-state index in [9.17, 15) is 9.59 Å². The number of nitrogens with one attached hydrogen (secondary N) is 1. The van der Waals surface area contributed by atoms with Gasteiger partial charge in [0, 0.05) is 0 Å². The Morgan fingerprint density at radius 2 is 2.19 bits per heavy atom. The number of rotatable bonds is 3. The second-order valence-electron chi connectivity index (χ2n) is 2.90. The lowest BCUT2D eigenvalue weighted by molar-refractivity contribution is -0.131. The van der Waals surface area contributed by atoms with Crippen LogP contribution in [0.2, 0.25) is 0 Å². The number of nitrogens with two attached hydrogens (primary N) is 2. The minimum atomic E-state index is -0.734. The normalized spacial score (nSPS) is 20.5. The summed E-state index contributed by atoms with van der Waals surface area (Å²) in [7, 11) is 0. The molecule has 1 amide bonds. The van der Waals surface area contributed by atoms with Gasteiger partial charge in [-0.05, 0) is 6.08 Å². The molecule has 1 aliphatic rings. The largest absolute Gasteiger partial charge is 0.369 e. The maximum atomic E-state index is 10.9. The van der Waals surface area contributed by atoms with Gasteiger partial charge in [0.1, 0.15) is 0 Å². The van der Waals surface area contributed by atoms with Crippen LogP contribution in [-0.2, 0) is 9.59 Å². The first-order valence-corrected chi connectivity index (χ1v) is 4.40. The zero-order valence-corrected chi connectivity index (χ0v) is 8.33. The number of nitrogens with zero attached hydrogens (tertiary/aromatic N) is 2. The van der Waals surface area contributed by atoms with E-state index in [1.54, 1.807) is 24.3 Å². The van der Waals surface area contributed by atoms with Gasteiger partial charge >= 0.3 is 0 Å². The van der Waals surface area contributed by atoms with Gasteiger partial charge in [0.15, 0.2) is 0 Å². The van der Waals surface area contributed by atoms with Crippen molar-refractivity contribution in [1.29, 1.82) is 0 Å². The van der Waals surface area contributed by atoms with Gasteiger partial charge in [-0.3, -0.25) is 9.59 Å². The summed E-state index contributed by atoms with van der Waals surface area (Å²) in [6.45, 7) is 0. The van der Waals surface area contributed by atoms with Crippen LogP contribution in [-0.4, -0.2) is 29.9 Å². The molecule has 1 unspecified atom stereocenters. The molecule has 0 bridgehead atoms. The smallest absolute Gasteiger partial charge is 0.284 e. The Morgan fingerprint density at radius 1 is 1.44 bits per heavy atom. The second-order valence-corrected chi connectivity index (χ2v) is 2.90. The Kier molecular flexibility index (Phi) is 3.96. The van der Waals surface area contributed by atoms with Crippen molar-refractivity contribution in [2.45, 2.75) is 6.04 Å². The highest BCUT2D eigenvalue weighted by atomic mass is 16.2. The van der Waals surface area contributed by atoms with Crippen molar-refractivity contribution in [2.75, 3.05) is 0 Å². The molecular formula is C9H11N5O2. The standard InChI is InChI=1S/C9H11N5O2/c10-9(11)14-13-7-4-2-1-3-6(7)12-8(16)5-15/h1-6H,(H,12,16)(H4,10,11,14). The Hall–Kier alpha value is -2.44. The van der Waals surface area contributed by atoms with E-state index in [-0.39, 0.29) is 12.2 Å². The van der Waals surface area contributed by atoms with Crippen molar-refractivity contribution in [3.8, 4) is 0 Å². The average Bonchev–Trinajstić information content (AvgIpc) is 2.27. The van der Waals surface area contributed by atoms with Gasteiger partial charge in [0.25, 0.3) is 5.91 Å². The molecule has 1 rings (SSSR count). The van der Waals surface area contributed by atoms with Gasteiger partial charge in [-0.25, -0.2) is 0 Å². The summed E-state index contributed by atoms with van der Waals surface area (Å²) in [5.74, 6) is -0.918. The third kappa shape index (κ3) is 3.37. The van der Waals surface area contributed by atoms with Crippen LogP contribution < -0.4 is 16.8 Å². The Bertz CT molecular complexity index is 404. The van der Waals surface area contributed by atoms with Gasteiger partial charge in [0.2, 0.25) is 12.2 Å². The van der Waals surface area contributed by atoms with E-state index in [0.717, 1.165) is 0 Å². The molecule has 0 aromatic heterocycles. The van der Waals surface area contributed by atoms with Crippen LogP contribution in [0.4, 0.5) is 0 Å². The zero-order valence-electron chi connectivity index (χ0n) is 8.33. The molecule has 0 spiro atoms. The van der Waals surface area contributed by atoms with Gasteiger partial charge < -0.3 is 16.8 Å². The molecule has 7 nitrogen and oxygen atoms in total. The van der Waals surface area contributed by atoms with E-state index in [2.05, 4.69) is 15.5 Å². The van der Waals surface area contributed by atoms with Gasteiger partial charge in [-0.2, -0.15) is 0 Å². The summed E-state index contributed by atoms with van der Waals surface area (Å²) in [6.07, 6.45) is 6.89. The Balaban J connectivity index is 2.81. The molecule has 0 fully saturated rings. The van der Waals surface area contributed by atoms with Crippen LogP contribution in [0.3, 0.4) is 0 Å². The lowest BCUT2D eigenvalue weighted by Crippen LogP contribution is -2.40. The van der Waals surface area contributed by atoms with E-state index in [4.69, 9.17) is 11.5 Å². The van der Waals surface area contributed by atoms with Crippen LogP contribution in [0.5, 0.6) is 0 Å². The lowest BCUT2D eigenvalue weighted by Gasteiger charge is -2.14. The van der Waals surface area contributed by atoms with Crippen molar-refractivity contribution in [3.63, 3.8) is 0 Å². The molecule has 1 atom stereocenters. The first-order valence-electron chi connectivity index (χ1n) is 4.40. The summed E-state index contributed by atoms with van der Waals surface area (Å²) < 4.78 is 0. The minimum absolute atomic E-state index is 0.184. The molecule has 0 radical (unpaired) electrons. The predicted octanol–water partition coefficient (Wildman–Crippen LogP) is -1.57. The van der Waals surface area contributed by atoms with E-state index >= 15 is 0 Å². The molecule has 0 saturated heterocycles. The van der Waals surface area contributed by atoms with Crippen molar-refractivity contribution in [2.24, 2.45) is 21.7 Å². The van der Waals surface area contributed by atoms with Gasteiger partial charge in [-0.1, -0.05) is 18.2 Å². The molecule has 0 aromatic carbocycles. The Morgan fingerprint density at radius 3 is 2.81 bits per heavy atom. The fraction of sp³-hybridized carbons (Fsp3) is 0.111. The summed E-state index contributed by atoms with van der Waals surface area (Å²) >= 11 is 0.